The SMILES string of the molecule is CC1(C)O[C@@H]2O[C@H](CO)[C@@H](OCc3ccccc3)[C@@H]2O1. The highest BCUT2D eigenvalue weighted by molar-refractivity contribution is 5.13. The summed E-state index contributed by atoms with van der Waals surface area (Å²) < 4.78 is 23.0. The van der Waals surface area contributed by atoms with Crippen molar-refractivity contribution in [1.29, 1.82) is 0 Å². The Morgan fingerprint density at radius 2 is 1.95 bits per heavy atom. The van der Waals surface area contributed by atoms with E-state index in [0.29, 0.717) is 6.61 Å². The van der Waals surface area contributed by atoms with E-state index < -0.39 is 18.2 Å². The van der Waals surface area contributed by atoms with Gasteiger partial charge in [-0.15, -0.1) is 0 Å². The van der Waals surface area contributed by atoms with E-state index in [0.717, 1.165) is 5.56 Å². The van der Waals surface area contributed by atoms with Crippen molar-refractivity contribution in [1.82, 2.24) is 0 Å². The lowest BCUT2D eigenvalue weighted by Gasteiger charge is -2.25. The Bertz CT molecular complexity index is 447. The van der Waals surface area contributed by atoms with Crippen molar-refractivity contribution in [3.05, 3.63) is 35.9 Å². The normalized spacial score (nSPS) is 35.1. The molecule has 2 saturated heterocycles. The number of rotatable bonds is 4. The number of hydrogen-bond donors (Lipinski definition) is 1. The minimum atomic E-state index is -0.676. The second-order valence-corrected chi connectivity index (χ2v) is 5.59. The maximum absolute atomic E-state index is 9.40. The number of aliphatic hydroxyl groups excluding tert-OH is 1. The topological polar surface area (TPSA) is 57.2 Å². The first-order valence-electron chi connectivity index (χ1n) is 6.86. The lowest BCUT2D eigenvalue weighted by Crippen LogP contribution is -2.38. The number of fused-ring (bicyclic) bond motifs is 1. The summed E-state index contributed by atoms with van der Waals surface area (Å²) in [5.41, 5.74) is 1.07. The lowest BCUT2D eigenvalue weighted by atomic mass is 10.1. The van der Waals surface area contributed by atoms with E-state index in [1.807, 2.05) is 44.2 Å². The smallest absolute Gasteiger partial charge is 0.190 e. The molecule has 0 aromatic heterocycles. The molecular formula is C15H20O5. The van der Waals surface area contributed by atoms with Gasteiger partial charge in [0.2, 0.25) is 0 Å². The van der Waals surface area contributed by atoms with E-state index in [9.17, 15) is 5.11 Å². The first-order chi connectivity index (χ1) is 9.59. The first-order valence-corrected chi connectivity index (χ1v) is 6.86. The van der Waals surface area contributed by atoms with Crippen molar-refractivity contribution >= 4 is 0 Å². The maximum atomic E-state index is 9.40. The third-order valence-corrected chi connectivity index (χ3v) is 3.55. The van der Waals surface area contributed by atoms with Crippen molar-refractivity contribution < 1.29 is 24.1 Å². The first kappa shape index (κ1) is 14.0. The minimum Gasteiger partial charge on any atom is -0.394 e. The molecule has 0 aliphatic carbocycles. The molecule has 0 saturated carbocycles. The number of ether oxygens (including phenoxy) is 4. The number of hydrogen-bond acceptors (Lipinski definition) is 5. The second kappa shape index (κ2) is 5.42. The third-order valence-electron chi connectivity index (χ3n) is 3.55. The van der Waals surface area contributed by atoms with Crippen LogP contribution in [0.4, 0.5) is 0 Å². The van der Waals surface area contributed by atoms with E-state index in [4.69, 9.17) is 18.9 Å². The molecule has 5 nitrogen and oxygen atoms in total. The Morgan fingerprint density at radius 3 is 2.65 bits per heavy atom. The molecule has 4 atom stereocenters. The zero-order valence-electron chi connectivity index (χ0n) is 11.7. The molecule has 1 aromatic rings. The van der Waals surface area contributed by atoms with Crippen LogP contribution in [0.1, 0.15) is 19.4 Å². The molecule has 110 valence electrons. The van der Waals surface area contributed by atoms with Crippen molar-refractivity contribution in [2.45, 2.75) is 50.8 Å². The van der Waals surface area contributed by atoms with Crippen molar-refractivity contribution in [2.24, 2.45) is 0 Å². The highest BCUT2D eigenvalue weighted by atomic mass is 16.8. The fourth-order valence-corrected chi connectivity index (χ4v) is 2.66. The molecule has 2 fully saturated rings. The molecule has 20 heavy (non-hydrogen) atoms. The van der Waals surface area contributed by atoms with Crippen LogP contribution in [-0.2, 0) is 25.6 Å². The molecule has 3 rings (SSSR count). The summed E-state index contributed by atoms with van der Waals surface area (Å²) in [7, 11) is 0. The van der Waals surface area contributed by atoms with Crippen LogP contribution in [0.25, 0.3) is 0 Å². The zero-order valence-corrected chi connectivity index (χ0v) is 11.7. The predicted molar refractivity (Wildman–Crippen MR) is 70.8 cm³/mol. The van der Waals surface area contributed by atoms with Gasteiger partial charge in [-0.3, -0.25) is 0 Å². The van der Waals surface area contributed by atoms with Crippen LogP contribution in [0.15, 0.2) is 30.3 Å². The van der Waals surface area contributed by atoms with Gasteiger partial charge in [-0.25, -0.2) is 0 Å². The summed E-state index contributed by atoms with van der Waals surface area (Å²) in [6.07, 6.45) is -1.51. The lowest BCUT2D eigenvalue weighted by molar-refractivity contribution is -0.222. The molecule has 0 spiro atoms. The molecule has 1 N–H and O–H groups in total. The number of benzene rings is 1. The van der Waals surface area contributed by atoms with Crippen LogP contribution < -0.4 is 0 Å². The monoisotopic (exact) mass is 280 g/mol. The van der Waals surface area contributed by atoms with E-state index in [1.165, 1.54) is 0 Å². The van der Waals surface area contributed by atoms with Gasteiger partial charge in [-0.1, -0.05) is 30.3 Å². The van der Waals surface area contributed by atoms with Crippen molar-refractivity contribution in [2.75, 3.05) is 6.61 Å². The van der Waals surface area contributed by atoms with Gasteiger partial charge in [0, 0.05) is 0 Å². The van der Waals surface area contributed by atoms with Gasteiger partial charge in [0.15, 0.2) is 12.1 Å². The molecule has 5 heteroatoms. The Kier molecular flexibility index (Phi) is 3.79. The Hall–Kier alpha value is -0.980. The fraction of sp³-hybridized carbons (Fsp3) is 0.600. The molecule has 2 heterocycles. The predicted octanol–water partition coefficient (Wildman–Crippen LogP) is 1.44. The summed E-state index contributed by atoms with van der Waals surface area (Å²) in [6.45, 7) is 4.03. The van der Waals surface area contributed by atoms with E-state index in [-0.39, 0.29) is 18.8 Å². The molecule has 2 aliphatic heterocycles. The van der Waals surface area contributed by atoms with Crippen LogP contribution in [-0.4, -0.2) is 42.1 Å². The van der Waals surface area contributed by atoms with Crippen LogP contribution in [0, 0.1) is 0 Å². The summed E-state index contributed by atoms with van der Waals surface area (Å²) in [5, 5.41) is 9.40. The van der Waals surface area contributed by atoms with Gasteiger partial charge in [0.1, 0.15) is 18.3 Å². The average Bonchev–Trinajstić information content (AvgIpc) is 2.89. The van der Waals surface area contributed by atoms with Crippen LogP contribution in [0.3, 0.4) is 0 Å². The van der Waals surface area contributed by atoms with Crippen molar-refractivity contribution in [3.63, 3.8) is 0 Å². The van der Waals surface area contributed by atoms with Gasteiger partial charge in [-0.05, 0) is 19.4 Å². The summed E-state index contributed by atoms with van der Waals surface area (Å²) in [4.78, 5) is 0. The fourth-order valence-electron chi connectivity index (χ4n) is 2.66. The van der Waals surface area contributed by atoms with Crippen LogP contribution in [0.5, 0.6) is 0 Å². The molecule has 1 aromatic carbocycles. The van der Waals surface area contributed by atoms with Gasteiger partial charge >= 0.3 is 0 Å². The Balaban J connectivity index is 1.67. The summed E-state index contributed by atoms with van der Waals surface area (Å²) in [6, 6.07) is 9.89. The Labute approximate surface area is 118 Å². The van der Waals surface area contributed by atoms with E-state index in [1.54, 1.807) is 0 Å². The standard InChI is InChI=1S/C15H20O5/c1-15(2)19-13-12(11(8-16)18-14(13)20-15)17-9-10-6-4-3-5-7-10/h3-7,11-14,16H,8-9H2,1-2H3/t11-,12-,13+,14+/m1/s1. The molecule has 2 aliphatic rings. The van der Waals surface area contributed by atoms with E-state index >= 15 is 0 Å². The second-order valence-electron chi connectivity index (χ2n) is 5.59. The summed E-state index contributed by atoms with van der Waals surface area (Å²) >= 11 is 0. The minimum absolute atomic E-state index is 0.112. The van der Waals surface area contributed by atoms with Crippen LogP contribution >= 0.6 is 0 Å². The molecule has 0 bridgehead atoms. The van der Waals surface area contributed by atoms with Crippen molar-refractivity contribution in [3.8, 4) is 0 Å². The Morgan fingerprint density at radius 1 is 1.20 bits per heavy atom. The summed E-state index contributed by atoms with van der Waals surface area (Å²) in [5.74, 6) is -0.676. The van der Waals surface area contributed by atoms with Gasteiger partial charge in [0.05, 0.1) is 13.2 Å². The maximum Gasteiger partial charge on any atom is 0.190 e. The van der Waals surface area contributed by atoms with Crippen LogP contribution in [0.2, 0.25) is 0 Å². The molecule has 0 radical (unpaired) electrons. The molecular weight excluding hydrogens is 260 g/mol. The highest BCUT2D eigenvalue weighted by Crippen LogP contribution is 2.38. The molecule has 0 amide bonds. The molecule has 0 unspecified atom stereocenters. The largest absolute Gasteiger partial charge is 0.394 e. The quantitative estimate of drug-likeness (QED) is 0.904. The number of aliphatic hydroxyl groups is 1. The third kappa shape index (κ3) is 2.73. The van der Waals surface area contributed by atoms with Gasteiger partial charge in [-0.2, -0.15) is 0 Å². The van der Waals surface area contributed by atoms with E-state index in [2.05, 4.69) is 0 Å². The highest BCUT2D eigenvalue weighted by Gasteiger charge is 2.55. The average molecular weight is 280 g/mol. The van der Waals surface area contributed by atoms with Gasteiger partial charge in [0.25, 0.3) is 0 Å². The zero-order chi connectivity index (χ0) is 14.2. The van der Waals surface area contributed by atoms with Gasteiger partial charge < -0.3 is 24.1 Å².